The second-order valence-electron chi connectivity index (χ2n) is 4.71. The summed E-state index contributed by atoms with van der Waals surface area (Å²) in [6.07, 6.45) is 1.14. The summed E-state index contributed by atoms with van der Waals surface area (Å²) >= 11 is 1.41. The van der Waals surface area contributed by atoms with Gasteiger partial charge >= 0.3 is 5.97 Å². The predicted molar refractivity (Wildman–Crippen MR) is 74.4 cm³/mol. The lowest BCUT2D eigenvalue weighted by molar-refractivity contribution is 0.0607. The molecule has 0 radical (unpaired) electrons. The van der Waals surface area contributed by atoms with Crippen LogP contribution in [-0.4, -0.2) is 51.2 Å². The number of carbonyl (C=O) groups is 1. The summed E-state index contributed by atoms with van der Waals surface area (Å²) in [7, 11) is 5.56. The molecule has 0 spiro atoms. The summed E-state index contributed by atoms with van der Waals surface area (Å²) < 4.78 is 4.72. The number of ether oxygens (including phenoxy) is 1. The van der Waals surface area contributed by atoms with Gasteiger partial charge in [-0.25, -0.2) is 4.79 Å². The number of thiophene rings is 1. The van der Waals surface area contributed by atoms with Crippen molar-refractivity contribution in [3.05, 3.63) is 10.9 Å². The Morgan fingerprint density at radius 3 is 2.89 bits per heavy atom. The standard InChI is InChI=1S/C12H19N3O2S/c1-14(2)8-4-5-15(7-8)10-6-9(13)11(18-10)12(16)17-3/h6,8H,4-5,7,13H2,1-3H3. The normalized spacial score (nSPS) is 19.6. The maximum atomic E-state index is 11.5. The number of rotatable bonds is 3. The summed E-state index contributed by atoms with van der Waals surface area (Å²) in [5.41, 5.74) is 6.36. The van der Waals surface area contributed by atoms with E-state index in [1.807, 2.05) is 6.07 Å². The van der Waals surface area contributed by atoms with Gasteiger partial charge in [-0.05, 0) is 26.6 Å². The average Bonchev–Trinajstić information content (AvgIpc) is 2.94. The maximum Gasteiger partial charge on any atom is 0.350 e. The van der Waals surface area contributed by atoms with E-state index in [-0.39, 0.29) is 5.97 Å². The van der Waals surface area contributed by atoms with Gasteiger partial charge in [0.2, 0.25) is 0 Å². The van der Waals surface area contributed by atoms with E-state index in [2.05, 4.69) is 23.9 Å². The van der Waals surface area contributed by atoms with Gasteiger partial charge in [0.15, 0.2) is 0 Å². The van der Waals surface area contributed by atoms with Gasteiger partial charge in [0.1, 0.15) is 4.88 Å². The SMILES string of the molecule is COC(=O)c1sc(N2CCC(N(C)C)C2)cc1N. The second kappa shape index (κ2) is 5.16. The summed E-state index contributed by atoms with van der Waals surface area (Å²) in [6, 6.07) is 2.43. The van der Waals surface area contributed by atoms with Crippen LogP contribution in [0.4, 0.5) is 10.7 Å². The van der Waals surface area contributed by atoms with Crippen LogP contribution in [0.5, 0.6) is 0 Å². The van der Waals surface area contributed by atoms with Crippen molar-refractivity contribution in [2.24, 2.45) is 0 Å². The van der Waals surface area contributed by atoms with Crippen LogP contribution in [0.1, 0.15) is 16.1 Å². The third-order valence-electron chi connectivity index (χ3n) is 3.32. The molecule has 1 aliphatic heterocycles. The molecule has 1 fully saturated rings. The molecule has 1 aromatic rings. The monoisotopic (exact) mass is 269 g/mol. The van der Waals surface area contributed by atoms with E-state index < -0.39 is 0 Å². The van der Waals surface area contributed by atoms with Gasteiger partial charge in [0, 0.05) is 19.1 Å². The van der Waals surface area contributed by atoms with Crippen molar-refractivity contribution < 1.29 is 9.53 Å². The predicted octanol–water partition coefficient (Wildman–Crippen LogP) is 1.26. The molecule has 0 amide bonds. The lowest BCUT2D eigenvalue weighted by atomic mass is 10.2. The molecule has 0 bridgehead atoms. The highest BCUT2D eigenvalue weighted by Gasteiger charge is 2.26. The molecule has 6 heteroatoms. The van der Waals surface area contributed by atoms with Crippen molar-refractivity contribution in [1.82, 2.24) is 4.90 Å². The Bertz CT molecular complexity index is 445. The first kappa shape index (κ1) is 13.2. The Balaban J connectivity index is 2.13. The van der Waals surface area contributed by atoms with E-state index >= 15 is 0 Å². The number of methoxy groups -OCH3 is 1. The van der Waals surface area contributed by atoms with Gasteiger partial charge in [-0.15, -0.1) is 11.3 Å². The highest BCUT2D eigenvalue weighted by Crippen LogP contribution is 2.34. The number of esters is 1. The van der Waals surface area contributed by atoms with E-state index in [1.54, 1.807) is 0 Å². The topological polar surface area (TPSA) is 58.8 Å². The van der Waals surface area contributed by atoms with Crippen molar-refractivity contribution >= 4 is 28.0 Å². The number of nitrogen functional groups attached to an aromatic ring is 1. The lowest BCUT2D eigenvalue weighted by Crippen LogP contribution is -2.31. The summed E-state index contributed by atoms with van der Waals surface area (Å²) in [4.78, 5) is 16.5. The van der Waals surface area contributed by atoms with E-state index in [9.17, 15) is 4.79 Å². The Morgan fingerprint density at radius 1 is 1.61 bits per heavy atom. The van der Waals surface area contributed by atoms with Gasteiger partial charge in [0.25, 0.3) is 0 Å². The van der Waals surface area contributed by atoms with Gasteiger partial charge in [-0.1, -0.05) is 0 Å². The van der Waals surface area contributed by atoms with Crippen molar-refractivity contribution in [3.8, 4) is 0 Å². The summed E-state index contributed by atoms with van der Waals surface area (Å²) in [5, 5.41) is 1.05. The van der Waals surface area contributed by atoms with Crippen molar-refractivity contribution in [2.45, 2.75) is 12.5 Å². The van der Waals surface area contributed by atoms with Crippen LogP contribution in [0, 0.1) is 0 Å². The highest BCUT2D eigenvalue weighted by atomic mass is 32.1. The number of nitrogens with zero attached hydrogens (tertiary/aromatic N) is 2. The molecule has 18 heavy (non-hydrogen) atoms. The maximum absolute atomic E-state index is 11.5. The smallest absolute Gasteiger partial charge is 0.350 e. The van der Waals surface area contributed by atoms with Crippen LogP contribution >= 0.6 is 11.3 Å². The first-order chi connectivity index (χ1) is 8.52. The number of carbonyl (C=O) groups excluding carboxylic acids is 1. The van der Waals surface area contributed by atoms with E-state index in [1.165, 1.54) is 18.4 Å². The van der Waals surface area contributed by atoms with Gasteiger partial charge in [0.05, 0.1) is 17.8 Å². The van der Waals surface area contributed by atoms with Gasteiger partial charge in [-0.2, -0.15) is 0 Å². The molecular formula is C12H19N3O2S. The number of likely N-dealkylation sites (N-methyl/N-ethyl adjacent to an activating group) is 1. The molecule has 100 valence electrons. The number of anilines is 2. The zero-order valence-corrected chi connectivity index (χ0v) is 11.8. The lowest BCUT2D eigenvalue weighted by Gasteiger charge is -2.20. The molecule has 2 rings (SSSR count). The van der Waals surface area contributed by atoms with Crippen LogP contribution in [0.25, 0.3) is 0 Å². The average molecular weight is 269 g/mol. The van der Waals surface area contributed by atoms with E-state index in [4.69, 9.17) is 10.5 Å². The zero-order valence-electron chi connectivity index (χ0n) is 11.0. The summed E-state index contributed by atoms with van der Waals surface area (Å²) in [6.45, 7) is 1.98. The van der Waals surface area contributed by atoms with E-state index in [0.717, 1.165) is 24.5 Å². The second-order valence-corrected chi connectivity index (χ2v) is 5.74. The molecule has 1 unspecified atom stereocenters. The third-order valence-corrected chi connectivity index (χ3v) is 4.52. The fourth-order valence-corrected chi connectivity index (χ4v) is 3.20. The number of hydrogen-bond donors (Lipinski definition) is 1. The molecule has 1 saturated heterocycles. The largest absolute Gasteiger partial charge is 0.465 e. The van der Waals surface area contributed by atoms with Crippen LogP contribution in [0.15, 0.2) is 6.07 Å². The molecule has 0 aliphatic carbocycles. The highest BCUT2D eigenvalue weighted by molar-refractivity contribution is 7.18. The Labute approximate surface area is 111 Å². The third kappa shape index (κ3) is 2.44. The number of nitrogens with two attached hydrogens (primary N) is 1. The molecule has 0 aromatic carbocycles. The minimum atomic E-state index is -0.355. The fourth-order valence-electron chi connectivity index (χ4n) is 2.16. The summed E-state index contributed by atoms with van der Waals surface area (Å²) in [5.74, 6) is -0.355. The minimum Gasteiger partial charge on any atom is -0.465 e. The number of hydrogen-bond acceptors (Lipinski definition) is 6. The van der Waals surface area contributed by atoms with Crippen LogP contribution in [0.3, 0.4) is 0 Å². The van der Waals surface area contributed by atoms with Crippen molar-refractivity contribution in [3.63, 3.8) is 0 Å². The molecule has 0 saturated carbocycles. The Kier molecular flexibility index (Phi) is 3.77. The molecule has 1 aromatic heterocycles. The molecular weight excluding hydrogens is 250 g/mol. The zero-order chi connectivity index (χ0) is 13.3. The Hall–Kier alpha value is -1.27. The molecule has 2 heterocycles. The molecule has 1 atom stereocenters. The quantitative estimate of drug-likeness (QED) is 0.837. The minimum absolute atomic E-state index is 0.355. The van der Waals surface area contributed by atoms with Crippen LogP contribution < -0.4 is 10.6 Å². The van der Waals surface area contributed by atoms with Crippen LogP contribution in [0.2, 0.25) is 0 Å². The van der Waals surface area contributed by atoms with Crippen LogP contribution in [-0.2, 0) is 4.74 Å². The fraction of sp³-hybridized carbons (Fsp3) is 0.583. The molecule has 5 nitrogen and oxygen atoms in total. The van der Waals surface area contributed by atoms with Crippen molar-refractivity contribution in [2.75, 3.05) is 44.9 Å². The van der Waals surface area contributed by atoms with Gasteiger partial charge in [-0.3, -0.25) is 0 Å². The van der Waals surface area contributed by atoms with Gasteiger partial charge < -0.3 is 20.3 Å². The molecule has 1 aliphatic rings. The first-order valence-electron chi connectivity index (χ1n) is 5.92. The molecule has 2 N–H and O–H groups in total. The first-order valence-corrected chi connectivity index (χ1v) is 6.73. The Morgan fingerprint density at radius 2 is 2.33 bits per heavy atom. The van der Waals surface area contributed by atoms with E-state index in [0.29, 0.717) is 16.6 Å². The van der Waals surface area contributed by atoms with Crippen molar-refractivity contribution in [1.29, 1.82) is 0 Å².